The highest BCUT2D eigenvalue weighted by atomic mass is 32.1. The lowest BCUT2D eigenvalue weighted by molar-refractivity contribution is -0.120. The topological polar surface area (TPSA) is 37.4 Å². The third-order valence-electron chi connectivity index (χ3n) is 3.32. The van der Waals surface area contributed by atoms with Crippen LogP contribution < -0.4 is 0 Å². The van der Waals surface area contributed by atoms with Gasteiger partial charge in [0.15, 0.2) is 0 Å². The van der Waals surface area contributed by atoms with Crippen molar-refractivity contribution in [3.8, 4) is 0 Å². The van der Waals surface area contributed by atoms with Gasteiger partial charge in [-0.3, -0.25) is 9.59 Å². The zero-order chi connectivity index (χ0) is 12.5. The number of amides is 1. The second kappa shape index (κ2) is 4.53. The molecule has 1 saturated heterocycles. The van der Waals surface area contributed by atoms with E-state index in [9.17, 15) is 9.59 Å². The molecule has 92 valence electrons. The van der Waals surface area contributed by atoms with Crippen molar-refractivity contribution in [2.24, 2.45) is 0 Å². The van der Waals surface area contributed by atoms with Gasteiger partial charge in [-0.25, -0.2) is 0 Å². The van der Waals surface area contributed by atoms with Gasteiger partial charge < -0.3 is 4.90 Å². The number of hydrogen-bond acceptors (Lipinski definition) is 3. The second-order valence-electron chi connectivity index (χ2n) is 4.48. The Bertz CT molecular complexity index is 607. The molecular formula is C14H13NO2S. The summed E-state index contributed by atoms with van der Waals surface area (Å²) in [6, 6.07) is 7.93. The van der Waals surface area contributed by atoms with E-state index in [2.05, 4.69) is 0 Å². The van der Waals surface area contributed by atoms with Crippen molar-refractivity contribution in [3.63, 3.8) is 0 Å². The van der Waals surface area contributed by atoms with Crippen LogP contribution in [-0.4, -0.2) is 29.7 Å². The van der Waals surface area contributed by atoms with Crippen LogP contribution >= 0.6 is 11.3 Å². The van der Waals surface area contributed by atoms with E-state index >= 15 is 0 Å². The molecule has 0 saturated carbocycles. The van der Waals surface area contributed by atoms with E-state index in [1.807, 2.05) is 29.6 Å². The van der Waals surface area contributed by atoms with Gasteiger partial charge in [-0.2, -0.15) is 0 Å². The molecule has 1 fully saturated rings. The second-order valence-corrected chi connectivity index (χ2v) is 5.39. The highest BCUT2D eigenvalue weighted by Gasteiger charge is 2.23. The summed E-state index contributed by atoms with van der Waals surface area (Å²) in [5.74, 6) is 0.314. The van der Waals surface area contributed by atoms with E-state index in [0.29, 0.717) is 25.9 Å². The third-order valence-corrected chi connectivity index (χ3v) is 4.28. The van der Waals surface area contributed by atoms with Crippen LogP contribution in [0.3, 0.4) is 0 Å². The van der Waals surface area contributed by atoms with E-state index < -0.39 is 0 Å². The predicted molar refractivity (Wildman–Crippen MR) is 72.0 cm³/mol. The molecule has 0 bridgehead atoms. The van der Waals surface area contributed by atoms with Crippen LogP contribution in [-0.2, 0) is 4.79 Å². The van der Waals surface area contributed by atoms with Gasteiger partial charge in [0.2, 0.25) is 0 Å². The maximum atomic E-state index is 12.4. The Labute approximate surface area is 109 Å². The predicted octanol–water partition coefficient (Wildman–Crippen LogP) is 2.71. The molecule has 3 rings (SSSR count). The number of nitrogens with zero attached hydrogens (tertiary/aromatic N) is 1. The Morgan fingerprint density at radius 2 is 1.89 bits per heavy atom. The van der Waals surface area contributed by atoms with Crippen LogP contribution in [0.25, 0.3) is 10.1 Å². The van der Waals surface area contributed by atoms with Gasteiger partial charge in [0.25, 0.3) is 5.91 Å². The molecular weight excluding hydrogens is 246 g/mol. The monoisotopic (exact) mass is 259 g/mol. The molecule has 0 spiro atoms. The summed E-state index contributed by atoms with van der Waals surface area (Å²) in [4.78, 5) is 25.4. The maximum Gasteiger partial charge on any atom is 0.255 e. The maximum absolute atomic E-state index is 12.4. The summed E-state index contributed by atoms with van der Waals surface area (Å²) >= 11 is 1.59. The molecule has 4 heteroatoms. The van der Waals surface area contributed by atoms with E-state index in [4.69, 9.17) is 0 Å². The molecule has 0 radical (unpaired) electrons. The quantitative estimate of drug-likeness (QED) is 0.789. The summed E-state index contributed by atoms with van der Waals surface area (Å²) in [7, 11) is 0. The van der Waals surface area contributed by atoms with Gasteiger partial charge in [-0.15, -0.1) is 11.3 Å². The first-order chi connectivity index (χ1) is 8.75. The molecule has 0 N–H and O–H groups in total. The van der Waals surface area contributed by atoms with Crippen LogP contribution in [0.15, 0.2) is 29.6 Å². The van der Waals surface area contributed by atoms with Crippen molar-refractivity contribution in [2.75, 3.05) is 13.1 Å². The van der Waals surface area contributed by atoms with E-state index in [0.717, 1.165) is 15.6 Å². The molecule has 2 heterocycles. The molecule has 18 heavy (non-hydrogen) atoms. The van der Waals surface area contributed by atoms with Gasteiger partial charge in [0.05, 0.1) is 5.56 Å². The summed E-state index contributed by atoms with van der Waals surface area (Å²) < 4.78 is 1.13. The smallest absolute Gasteiger partial charge is 0.255 e. The SMILES string of the molecule is O=C1CCN(C(=O)c2csc3ccccc23)CC1. The third kappa shape index (κ3) is 1.93. The van der Waals surface area contributed by atoms with Crippen LogP contribution in [0.4, 0.5) is 0 Å². The van der Waals surface area contributed by atoms with E-state index in [1.54, 1.807) is 16.2 Å². The normalized spacial score (nSPS) is 16.2. The number of hydrogen-bond donors (Lipinski definition) is 0. The first kappa shape index (κ1) is 11.4. The Hall–Kier alpha value is -1.68. The Morgan fingerprint density at radius 1 is 1.17 bits per heavy atom. The fourth-order valence-electron chi connectivity index (χ4n) is 2.27. The minimum atomic E-state index is 0.0555. The largest absolute Gasteiger partial charge is 0.338 e. The Balaban J connectivity index is 1.90. The van der Waals surface area contributed by atoms with Crippen LogP contribution in [0.1, 0.15) is 23.2 Å². The number of benzene rings is 1. The van der Waals surface area contributed by atoms with Crippen molar-refractivity contribution in [2.45, 2.75) is 12.8 Å². The molecule has 0 aliphatic carbocycles. The van der Waals surface area contributed by atoms with Gasteiger partial charge in [-0.1, -0.05) is 18.2 Å². The average Bonchev–Trinajstić information content (AvgIpc) is 2.82. The lowest BCUT2D eigenvalue weighted by Crippen LogP contribution is -2.38. The number of piperidine rings is 1. The summed E-state index contributed by atoms with van der Waals surface area (Å²) in [6.07, 6.45) is 0.988. The molecule has 1 aromatic heterocycles. The molecule has 2 aromatic rings. The van der Waals surface area contributed by atoms with Gasteiger partial charge in [0.1, 0.15) is 5.78 Å². The Kier molecular flexibility index (Phi) is 2.88. The first-order valence-electron chi connectivity index (χ1n) is 6.03. The number of fused-ring (bicyclic) bond motifs is 1. The van der Waals surface area contributed by atoms with Gasteiger partial charge in [0, 0.05) is 41.4 Å². The summed E-state index contributed by atoms with van der Waals surface area (Å²) in [5.41, 5.74) is 0.768. The standard InChI is InChI=1S/C14H13NO2S/c16-10-5-7-15(8-6-10)14(17)12-9-18-13-4-2-1-3-11(12)13/h1-4,9H,5-8H2. The minimum absolute atomic E-state index is 0.0555. The number of Topliss-reactive ketones (excluding diaryl/α,β-unsaturated/α-hetero) is 1. The summed E-state index contributed by atoms with van der Waals surface area (Å²) in [6.45, 7) is 1.11. The fraction of sp³-hybridized carbons (Fsp3) is 0.286. The van der Waals surface area contributed by atoms with Crippen molar-refractivity contribution < 1.29 is 9.59 Å². The summed E-state index contributed by atoms with van der Waals surface area (Å²) in [5, 5.41) is 2.94. The molecule has 3 nitrogen and oxygen atoms in total. The molecule has 1 aliphatic heterocycles. The zero-order valence-corrected chi connectivity index (χ0v) is 10.7. The average molecular weight is 259 g/mol. The number of likely N-dealkylation sites (tertiary alicyclic amines) is 1. The number of carbonyl (C=O) groups excluding carboxylic acids is 2. The Morgan fingerprint density at radius 3 is 2.67 bits per heavy atom. The number of thiophene rings is 1. The molecule has 1 amide bonds. The minimum Gasteiger partial charge on any atom is -0.338 e. The van der Waals surface area contributed by atoms with Crippen LogP contribution in [0.2, 0.25) is 0 Å². The zero-order valence-electron chi connectivity index (χ0n) is 9.89. The molecule has 0 unspecified atom stereocenters. The van der Waals surface area contributed by atoms with Crippen molar-refractivity contribution >= 4 is 33.1 Å². The highest BCUT2D eigenvalue weighted by molar-refractivity contribution is 7.17. The van der Waals surface area contributed by atoms with Crippen molar-refractivity contribution in [1.82, 2.24) is 4.90 Å². The van der Waals surface area contributed by atoms with Gasteiger partial charge >= 0.3 is 0 Å². The van der Waals surface area contributed by atoms with E-state index in [-0.39, 0.29) is 11.7 Å². The van der Waals surface area contributed by atoms with E-state index in [1.165, 1.54) is 0 Å². The molecule has 1 aliphatic rings. The van der Waals surface area contributed by atoms with Gasteiger partial charge in [-0.05, 0) is 6.07 Å². The first-order valence-corrected chi connectivity index (χ1v) is 6.91. The molecule has 1 aromatic carbocycles. The van der Waals surface area contributed by atoms with Crippen molar-refractivity contribution in [1.29, 1.82) is 0 Å². The lowest BCUT2D eigenvalue weighted by Gasteiger charge is -2.25. The molecule has 0 atom stereocenters. The van der Waals surface area contributed by atoms with Crippen LogP contribution in [0.5, 0.6) is 0 Å². The lowest BCUT2D eigenvalue weighted by atomic mass is 10.1. The van der Waals surface area contributed by atoms with Crippen molar-refractivity contribution in [3.05, 3.63) is 35.2 Å². The number of ketones is 1. The number of rotatable bonds is 1. The van der Waals surface area contributed by atoms with Crippen LogP contribution in [0, 0.1) is 0 Å². The number of carbonyl (C=O) groups is 2. The fourth-order valence-corrected chi connectivity index (χ4v) is 3.21. The highest BCUT2D eigenvalue weighted by Crippen LogP contribution is 2.27.